The molecular formula is C15H18N6. The van der Waals surface area contributed by atoms with Crippen LogP contribution in [0.2, 0.25) is 0 Å². The van der Waals surface area contributed by atoms with Crippen molar-refractivity contribution in [2.45, 2.75) is 20.8 Å². The lowest BCUT2D eigenvalue weighted by Gasteiger charge is -2.16. The van der Waals surface area contributed by atoms with Crippen molar-refractivity contribution in [1.29, 1.82) is 0 Å². The molecule has 21 heavy (non-hydrogen) atoms. The second-order valence-electron chi connectivity index (χ2n) is 5.05. The Morgan fingerprint density at radius 1 is 1.19 bits per heavy atom. The molecule has 2 aromatic rings. The maximum Gasteiger partial charge on any atom is 0.204 e. The minimum atomic E-state index is 0.703. The van der Waals surface area contributed by atoms with Gasteiger partial charge in [0.15, 0.2) is 5.82 Å². The van der Waals surface area contributed by atoms with E-state index < -0.39 is 0 Å². The Hall–Kier alpha value is -2.50. The first-order valence-corrected chi connectivity index (χ1v) is 6.98. The monoisotopic (exact) mass is 282 g/mol. The Bertz CT molecular complexity index is 723. The molecule has 2 heterocycles. The number of rotatable bonds is 3. The maximum atomic E-state index is 4.66. The van der Waals surface area contributed by atoms with Crippen molar-refractivity contribution < 1.29 is 0 Å². The SMILES string of the molecule is CCN(C)c1ccc(/N=C2\C(C)=Nn3nc(C)nc32)cc1. The van der Waals surface area contributed by atoms with Crippen molar-refractivity contribution in [3.05, 3.63) is 35.9 Å². The Labute approximate surface area is 123 Å². The Kier molecular flexibility index (Phi) is 3.29. The molecule has 1 aliphatic rings. The summed E-state index contributed by atoms with van der Waals surface area (Å²) < 4.78 is 0. The molecule has 0 saturated heterocycles. The second-order valence-corrected chi connectivity index (χ2v) is 5.05. The molecule has 3 rings (SSSR count). The molecule has 0 atom stereocenters. The van der Waals surface area contributed by atoms with Crippen molar-refractivity contribution >= 4 is 22.8 Å². The maximum absolute atomic E-state index is 4.66. The van der Waals surface area contributed by atoms with Crippen molar-refractivity contribution in [3.63, 3.8) is 0 Å². The molecule has 108 valence electrons. The summed E-state index contributed by atoms with van der Waals surface area (Å²) in [7, 11) is 2.07. The quantitative estimate of drug-likeness (QED) is 0.868. The van der Waals surface area contributed by atoms with E-state index in [0.29, 0.717) is 11.6 Å². The summed E-state index contributed by atoms with van der Waals surface area (Å²) in [5, 5.41) is 8.54. The number of fused-ring (bicyclic) bond motifs is 1. The third-order valence-electron chi connectivity index (χ3n) is 3.50. The van der Waals surface area contributed by atoms with Crippen LogP contribution in [0.3, 0.4) is 0 Å². The summed E-state index contributed by atoms with van der Waals surface area (Å²) in [4.78, 5) is 12.8. The number of aromatic nitrogens is 3. The minimum absolute atomic E-state index is 0.703. The zero-order chi connectivity index (χ0) is 15.0. The number of hydrogen-bond donors (Lipinski definition) is 0. The van der Waals surface area contributed by atoms with Crippen molar-refractivity contribution in [1.82, 2.24) is 14.9 Å². The van der Waals surface area contributed by atoms with Gasteiger partial charge < -0.3 is 4.90 Å². The highest BCUT2D eigenvalue weighted by atomic mass is 15.6. The molecule has 6 nitrogen and oxygen atoms in total. The summed E-state index contributed by atoms with van der Waals surface area (Å²) in [6, 6.07) is 8.15. The molecule has 1 aromatic carbocycles. The van der Waals surface area contributed by atoms with E-state index in [-0.39, 0.29) is 0 Å². The molecule has 0 unspecified atom stereocenters. The van der Waals surface area contributed by atoms with Gasteiger partial charge in [0.05, 0.1) is 11.4 Å². The van der Waals surface area contributed by atoms with Gasteiger partial charge in [-0.05, 0) is 45.0 Å². The second kappa shape index (κ2) is 5.12. The molecular weight excluding hydrogens is 264 g/mol. The summed E-state index contributed by atoms with van der Waals surface area (Å²) in [6.07, 6.45) is 0. The molecule has 0 saturated carbocycles. The number of nitrogens with zero attached hydrogens (tertiary/aromatic N) is 6. The van der Waals surface area contributed by atoms with Crippen LogP contribution in [-0.2, 0) is 0 Å². The van der Waals surface area contributed by atoms with Gasteiger partial charge in [-0.15, -0.1) is 9.89 Å². The lowest BCUT2D eigenvalue weighted by Crippen LogP contribution is -2.15. The van der Waals surface area contributed by atoms with Crippen LogP contribution >= 0.6 is 0 Å². The smallest absolute Gasteiger partial charge is 0.204 e. The zero-order valence-electron chi connectivity index (χ0n) is 12.7. The van der Waals surface area contributed by atoms with E-state index in [9.17, 15) is 0 Å². The molecule has 6 heteroatoms. The minimum Gasteiger partial charge on any atom is -0.375 e. The van der Waals surface area contributed by atoms with Crippen molar-refractivity contribution in [3.8, 4) is 0 Å². The first-order chi connectivity index (χ1) is 10.1. The van der Waals surface area contributed by atoms with E-state index >= 15 is 0 Å². The normalized spacial score (nSPS) is 15.2. The van der Waals surface area contributed by atoms with Crippen LogP contribution in [0.25, 0.3) is 0 Å². The Morgan fingerprint density at radius 3 is 2.57 bits per heavy atom. The Morgan fingerprint density at radius 2 is 1.90 bits per heavy atom. The van der Waals surface area contributed by atoms with Crippen LogP contribution in [0, 0.1) is 6.92 Å². The average Bonchev–Trinajstić information content (AvgIpc) is 2.96. The van der Waals surface area contributed by atoms with E-state index in [4.69, 9.17) is 0 Å². The molecule has 0 fully saturated rings. The van der Waals surface area contributed by atoms with Gasteiger partial charge in [-0.25, -0.2) is 9.98 Å². The molecule has 0 spiro atoms. The summed E-state index contributed by atoms with van der Waals surface area (Å²) in [5.41, 5.74) is 3.69. The molecule has 0 N–H and O–H groups in total. The van der Waals surface area contributed by atoms with Gasteiger partial charge in [0.1, 0.15) is 5.71 Å². The molecule has 0 aliphatic carbocycles. The predicted molar refractivity (Wildman–Crippen MR) is 84.8 cm³/mol. The average molecular weight is 282 g/mol. The van der Waals surface area contributed by atoms with Gasteiger partial charge in [0.25, 0.3) is 0 Å². The number of aryl methyl sites for hydroxylation is 1. The summed E-state index contributed by atoms with van der Waals surface area (Å²) >= 11 is 0. The fourth-order valence-electron chi connectivity index (χ4n) is 2.20. The van der Waals surface area contributed by atoms with Crippen LogP contribution < -0.4 is 4.90 Å². The predicted octanol–water partition coefficient (Wildman–Crippen LogP) is 2.40. The molecule has 1 aromatic heterocycles. The van der Waals surface area contributed by atoms with Gasteiger partial charge in [-0.2, -0.15) is 5.10 Å². The van der Waals surface area contributed by atoms with E-state index in [1.54, 1.807) is 4.79 Å². The number of benzene rings is 1. The van der Waals surface area contributed by atoms with Gasteiger partial charge in [0, 0.05) is 19.3 Å². The summed E-state index contributed by atoms with van der Waals surface area (Å²) in [6.45, 7) is 6.87. The van der Waals surface area contributed by atoms with Crippen LogP contribution in [0.15, 0.2) is 34.4 Å². The van der Waals surface area contributed by atoms with Gasteiger partial charge in [-0.1, -0.05) is 0 Å². The van der Waals surface area contributed by atoms with Crippen molar-refractivity contribution in [2.24, 2.45) is 10.1 Å². The lowest BCUT2D eigenvalue weighted by atomic mass is 10.2. The first-order valence-electron chi connectivity index (χ1n) is 6.98. The highest BCUT2D eigenvalue weighted by molar-refractivity contribution is 6.48. The van der Waals surface area contributed by atoms with Gasteiger partial charge in [-0.3, -0.25) is 0 Å². The van der Waals surface area contributed by atoms with E-state index in [2.05, 4.69) is 51.2 Å². The third kappa shape index (κ3) is 2.44. The van der Waals surface area contributed by atoms with Crippen LogP contribution in [-0.4, -0.2) is 39.9 Å². The number of hydrogen-bond acceptors (Lipinski definition) is 5. The van der Waals surface area contributed by atoms with Gasteiger partial charge >= 0.3 is 0 Å². The highest BCUT2D eigenvalue weighted by Gasteiger charge is 2.23. The standard InChI is InChI=1S/C15H18N6/c1-5-20(4)13-8-6-12(7-9-13)17-14-10(2)18-21-15(14)16-11(3)19-21/h6-9H,5H2,1-4H3/b17-14+. The topological polar surface area (TPSA) is 58.7 Å². The molecule has 1 aliphatic heterocycles. The fourth-order valence-corrected chi connectivity index (χ4v) is 2.20. The first kappa shape index (κ1) is 13.5. The van der Waals surface area contributed by atoms with Gasteiger partial charge in [0.2, 0.25) is 5.82 Å². The van der Waals surface area contributed by atoms with Crippen molar-refractivity contribution in [2.75, 3.05) is 18.5 Å². The van der Waals surface area contributed by atoms with Crippen LogP contribution in [0.4, 0.5) is 11.4 Å². The molecule has 0 amide bonds. The molecule has 0 bridgehead atoms. The summed E-state index contributed by atoms with van der Waals surface area (Å²) in [5.74, 6) is 1.41. The van der Waals surface area contributed by atoms with Crippen LogP contribution in [0.5, 0.6) is 0 Å². The highest BCUT2D eigenvalue weighted by Crippen LogP contribution is 2.21. The number of anilines is 1. The largest absolute Gasteiger partial charge is 0.375 e. The van der Waals surface area contributed by atoms with E-state index in [1.165, 1.54) is 5.69 Å². The van der Waals surface area contributed by atoms with E-state index in [0.717, 1.165) is 23.7 Å². The number of aliphatic imine (C=N–C) groups is 1. The van der Waals surface area contributed by atoms with Crippen LogP contribution in [0.1, 0.15) is 25.5 Å². The Balaban J connectivity index is 1.93. The zero-order valence-corrected chi connectivity index (χ0v) is 12.7. The fraction of sp³-hybridized carbons (Fsp3) is 0.333. The lowest BCUT2D eigenvalue weighted by molar-refractivity contribution is 0.736. The third-order valence-corrected chi connectivity index (χ3v) is 3.50. The molecule has 0 radical (unpaired) electrons. The van der Waals surface area contributed by atoms with E-state index in [1.807, 2.05) is 26.0 Å².